The summed E-state index contributed by atoms with van der Waals surface area (Å²) in [7, 11) is 0. The highest BCUT2D eigenvalue weighted by Crippen LogP contribution is 2.18. The van der Waals surface area contributed by atoms with E-state index in [4.69, 9.17) is 0 Å². The van der Waals surface area contributed by atoms with Gasteiger partial charge in [-0.05, 0) is 36.6 Å². The third-order valence-electron chi connectivity index (χ3n) is 2.55. The summed E-state index contributed by atoms with van der Waals surface area (Å²) in [6, 6.07) is 8.14. The smallest absolute Gasteiger partial charge is 0.251 e. The Balaban J connectivity index is 2.41. The molecule has 0 saturated carbocycles. The summed E-state index contributed by atoms with van der Waals surface area (Å²) in [6.45, 7) is 4.17. The lowest BCUT2D eigenvalue weighted by Crippen LogP contribution is -2.11. The van der Waals surface area contributed by atoms with Crippen molar-refractivity contribution in [3.63, 3.8) is 0 Å². The predicted molar refractivity (Wildman–Crippen MR) is 70.5 cm³/mol. The predicted octanol–water partition coefficient (Wildman–Crippen LogP) is 2.34. The molecule has 0 amide bonds. The van der Waals surface area contributed by atoms with Crippen LogP contribution in [-0.4, -0.2) is 15.1 Å². The molecule has 18 heavy (non-hydrogen) atoms. The maximum atomic E-state index is 11.6. The van der Waals surface area contributed by atoms with Crippen LogP contribution in [0.15, 0.2) is 35.1 Å². The van der Waals surface area contributed by atoms with Crippen LogP contribution in [0, 0.1) is 5.92 Å². The number of phenols is 1. The molecule has 0 spiro atoms. The van der Waals surface area contributed by atoms with E-state index in [1.165, 1.54) is 6.07 Å². The first kappa shape index (κ1) is 12.4. The van der Waals surface area contributed by atoms with Crippen LogP contribution in [0.3, 0.4) is 0 Å². The van der Waals surface area contributed by atoms with Gasteiger partial charge in [0.1, 0.15) is 11.6 Å². The van der Waals surface area contributed by atoms with Gasteiger partial charge in [-0.3, -0.25) is 4.79 Å². The van der Waals surface area contributed by atoms with Gasteiger partial charge < -0.3 is 10.1 Å². The van der Waals surface area contributed by atoms with Crippen LogP contribution < -0.4 is 5.56 Å². The van der Waals surface area contributed by atoms with Crippen molar-refractivity contribution in [2.45, 2.75) is 20.3 Å². The molecule has 2 N–H and O–H groups in total. The largest absolute Gasteiger partial charge is 0.508 e. The molecule has 4 heteroatoms. The molecule has 2 rings (SSSR count). The van der Waals surface area contributed by atoms with Crippen LogP contribution in [0.4, 0.5) is 0 Å². The molecule has 0 aliphatic carbocycles. The fraction of sp³-hybridized carbons (Fsp3) is 0.286. The molecule has 0 aliphatic rings. The van der Waals surface area contributed by atoms with Crippen LogP contribution in [0.5, 0.6) is 5.75 Å². The Bertz CT molecular complexity index is 585. The SMILES string of the molecule is CC(C)Cc1cc(=O)[nH]c(-c2ccc(O)cc2)n1. The average molecular weight is 244 g/mol. The number of rotatable bonds is 3. The summed E-state index contributed by atoms with van der Waals surface area (Å²) in [6.07, 6.45) is 0.773. The Hall–Kier alpha value is -2.10. The zero-order chi connectivity index (χ0) is 13.1. The molecule has 1 aromatic carbocycles. The quantitative estimate of drug-likeness (QED) is 0.870. The molecule has 0 fully saturated rings. The fourth-order valence-electron chi connectivity index (χ4n) is 1.79. The highest BCUT2D eigenvalue weighted by atomic mass is 16.3. The number of benzene rings is 1. The zero-order valence-corrected chi connectivity index (χ0v) is 10.5. The Labute approximate surface area is 105 Å². The number of aromatic hydroxyl groups is 1. The van der Waals surface area contributed by atoms with Gasteiger partial charge in [0, 0.05) is 17.3 Å². The van der Waals surface area contributed by atoms with Gasteiger partial charge in [0.25, 0.3) is 5.56 Å². The van der Waals surface area contributed by atoms with Crippen molar-refractivity contribution < 1.29 is 5.11 Å². The third-order valence-corrected chi connectivity index (χ3v) is 2.55. The van der Waals surface area contributed by atoms with E-state index >= 15 is 0 Å². The summed E-state index contributed by atoms with van der Waals surface area (Å²) in [5, 5.41) is 9.24. The van der Waals surface area contributed by atoms with E-state index in [0.29, 0.717) is 11.7 Å². The molecule has 94 valence electrons. The number of phenolic OH excluding ortho intramolecular Hbond substituents is 1. The minimum Gasteiger partial charge on any atom is -0.508 e. The molecule has 0 aliphatic heterocycles. The number of nitrogens with zero attached hydrogens (tertiary/aromatic N) is 1. The van der Waals surface area contributed by atoms with Crippen LogP contribution in [0.2, 0.25) is 0 Å². The minimum atomic E-state index is -0.149. The maximum absolute atomic E-state index is 11.6. The van der Waals surface area contributed by atoms with Crippen LogP contribution in [0.25, 0.3) is 11.4 Å². The normalized spacial score (nSPS) is 10.8. The van der Waals surface area contributed by atoms with Crippen molar-refractivity contribution >= 4 is 0 Å². The first-order chi connectivity index (χ1) is 8.54. The summed E-state index contributed by atoms with van der Waals surface area (Å²) in [4.78, 5) is 18.7. The molecule has 0 radical (unpaired) electrons. The van der Waals surface area contributed by atoms with Crippen LogP contribution >= 0.6 is 0 Å². The third kappa shape index (κ3) is 2.97. The van der Waals surface area contributed by atoms with Crippen molar-refractivity contribution in [1.29, 1.82) is 0 Å². The second kappa shape index (κ2) is 5.04. The van der Waals surface area contributed by atoms with E-state index < -0.39 is 0 Å². The summed E-state index contributed by atoms with van der Waals surface area (Å²) in [5.74, 6) is 1.18. The molecule has 0 bridgehead atoms. The molecule has 0 saturated heterocycles. The Morgan fingerprint density at radius 2 is 1.94 bits per heavy atom. The second-order valence-electron chi connectivity index (χ2n) is 4.73. The Morgan fingerprint density at radius 1 is 1.28 bits per heavy atom. The summed E-state index contributed by atoms with van der Waals surface area (Å²) < 4.78 is 0. The lowest BCUT2D eigenvalue weighted by molar-refractivity contribution is 0.475. The fourth-order valence-corrected chi connectivity index (χ4v) is 1.79. The average Bonchev–Trinajstić information content (AvgIpc) is 2.28. The number of nitrogens with one attached hydrogen (secondary N) is 1. The first-order valence-corrected chi connectivity index (χ1v) is 5.94. The van der Waals surface area contributed by atoms with Crippen molar-refractivity contribution in [3.8, 4) is 17.1 Å². The molecule has 2 aromatic rings. The Morgan fingerprint density at radius 3 is 2.56 bits per heavy atom. The van der Waals surface area contributed by atoms with E-state index in [0.717, 1.165) is 17.7 Å². The number of aromatic nitrogens is 2. The molecule has 0 unspecified atom stereocenters. The first-order valence-electron chi connectivity index (χ1n) is 5.94. The summed E-state index contributed by atoms with van der Waals surface area (Å²) in [5.41, 5.74) is 1.43. The lowest BCUT2D eigenvalue weighted by Gasteiger charge is -2.06. The monoisotopic (exact) mass is 244 g/mol. The van der Waals surface area contributed by atoms with E-state index in [9.17, 15) is 9.90 Å². The standard InChI is InChI=1S/C14H16N2O2/c1-9(2)7-11-8-13(18)16-14(15-11)10-3-5-12(17)6-4-10/h3-6,8-9,17H,7H2,1-2H3,(H,15,16,18). The van der Waals surface area contributed by atoms with Crippen molar-refractivity contribution in [1.82, 2.24) is 9.97 Å². The van der Waals surface area contributed by atoms with Gasteiger partial charge in [-0.25, -0.2) is 4.98 Å². The number of hydrogen-bond acceptors (Lipinski definition) is 3. The Kier molecular flexibility index (Phi) is 3.46. The lowest BCUT2D eigenvalue weighted by atomic mass is 10.1. The van der Waals surface area contributed by atoms with Crippen molar-refractivity contribution in [3.05, 3.63) is 46.4 Å². The van der Waals surface area contributed by atoms with Gasteiger partial charge >= 0.3 is 0 Å². The van der Waals surface area contributed by atoms with Crippen LogP contribution in [0.1, 0.15) is 19.5 Å². The van der Waals surface area contributed by atoms with E-state index in [1.54, 1.807) is 24.3 Å². The van der Waals surface area contributed by atoms with Gasteiger partial charge in [0.15, 0.2) is 0 Å². The zero-order valence-electron chi connectivity index (χ0n) is 10.5. The van der Waals surface area contributed by atoms with Gasteiger partial charge in [0.05, 0.1) is 0 Å². The van der Waals surface area contributed by atoms with Gasteiger partial charge in [0.2, 0.25) is 0 Å². The molecule has 4 nitrogen and oxygen atoms in total. The summed E-state index contributed by atoms with van der Waals surface area (Å²) >= 11 is 0. The number of aromatic amines is 1. The van der Waals surface area contributed by atoms with Crippen molar-refractivity contribution in [2.75, 3.05) is 0 Å². The highest BCUT2D eigenvalue weighted by molar-refractivity contribution is 5.55. The number of H-pyrrole nitrogens is 1. The van der Waals surface area contributed by atoms with Crippen molar-refractivity contribution in [2.24, 2.45) is 5.92 Å². The molecule has 1 heterocycles. The van der Waals surface area contributed by atoms with Gasteiger partial charge in [-0.2, -0.15) is 0 Å². The minimum absolute atomic E-state index is 0.149. The van der Waals surface area contributed by atoms with E-state index in [-0.39, 0.29) is 11.3 Å². The highest BCUT2D eigenvalue weighted by Gasteiger charge is 2.05. The van der Waals surface area contributed by atoms with Gasteiger partial charge in [-0.15, -0.1) is 0 Å². The van der Waals surface area contributed by atoms with Gasteiger partial charge in [-0.1, -0.05) is 13.8 Å². The number of hydrogen-bond donors (Lipinski definition) is 2. The molecule has 0 atom stereocenters. The van der Waals surface area contributed by atoms with Crippen LogP contribution in [-0.2, 0) is 6.42 Å². The maximum Gasteiger partial charge on any atom is 0.251 e. The van der Waals surface area contributed by atoms with E-state index in [2.05, 4.69) is 23.8 Å². The second-order valence-corrected chi connectivity index (χ2v) is 4.73. The molecular formula is C14H16N2O2. The molecule has 1 aromatic heterocycles. The van der Waals surface area contributed by atoms with E-state index in [1.807, 2.05) is 0 Å². The topological polar surface area (TPSA) is 66.0 Å². The molecular weight excluding hydrogens is 228 g/mol.